The van der Waals surface area contributed by atoms with E-state index in [1.165, 1.54) is 49.0 Å². The predicted octanol–water partition coefficient (Wildman–Crippen LogP) is 7.88. The van der Waals surface area contributed by atoms with Crippen molar-refractivity contribution in [1.82, 2.24) is 4.98 Å². The topological polar surface area (TPSA) is 12.9 Å². The highest BCUT2D eigenvalue weighted by atomic mass is 14.7. The van der Waals surface area contributed by atoms with Gasteiger partial charge in [-0.25, -0.2) is 0 Å². The van der Waals surface area contributed by atoms with Crippen molar-refractivity contribution in [2.45, 2.75) is 0 Å². The summed E-state index contributed by atoms with van der Waals surface area (Å²) in [5.41, 5.74) is 4.56. The van der Waals surface area contributed by atoms with Crippen LogP contribution in [0.15, 0.2) is 115 Å². The van der Waals surface area contributed by atoms with Crippen LogP contribution >= 0.6 is 0 Å². The van der Waals surface area contributed by atoms with Gasteiger partial charge in [0.2, 0.25) is 0 Å². The first-order valence-corrected chi connectivity index (χ1v) is 10.2. The number of fused-ring (bicyclic) bond motifs is 5. The molecule has 0 bridgehead atoms. The molecule has 1 heteroatoms. The van der Waals surface area contributed by atoms with Crippen LogP contribution in [-0.2, 0) is 0 Å². The Morgan fingerprint density at radius 3 is 2.03 bits per heavy atom. The molecule has 0 unspecified atom stereocenters. The Morgan fingerprint density at radius 1 is 0.467 bits per heavy atom. The SMILES string of the molecule is c1ccc(-c2ccnc(-c3cc4ccc5ccccc5c4c4ccccc34)c2)cc1. The molecule has 0 aliphatic carbocycles. The Balaban J connectivity index is 1.67. The summed E-state index contributed by atoms with van der Waals surface area (Å²) in [7, 11) is 0. The fourth-order valence-corrected chi connectivity index (χ4v) is 4.48. The van der Waals surface area contributed by atoms with E-state index in [9.17, 15) is 0 Å². The molecule has 0 aliphatic heterocycles. The Labute approximate surface area is 175 Å². The van der Waals surface area contributed by atoms with Crippen molar-refractivity contribution < 1.29 is 0 Å². The number of pyridine rings is 1. The predicted molar refractivity (Wildman–Crippen MR) is 128 cm³/mol. The van der Waals surface area contributed by atoms with E-state index in [2.05, 4.69) is 103 Å². The summed E-state index contributed by atoms with van der Waals surface area (Å²) in [6.45, 7) is 0. The summed E-state index contributed by atoms with van der Waals surface area (Å²) in [5.74, 6) is 0. The van der Waals surface area contributed by atoms with Crippen molar-refractivity contribution >= 4 is 32.3 Å². The van der Waals surface area contributed by atoms with E-state index < -0.39 is 0 Å². The fraction of sp³-hybridized carbons (Fsp3) is 0. The van der Waals surface area contributed by atoms with E-state index in [0.29, 0.717) is 0 Å². The third-order valence-electron chi connectivity index (χ3n) is 5.89. The van der Waals surface area contributed by atoms with Gasteiger partial charge in [0, 0.05) is 11.8 Å². The molecule has 6 rings (SSSR count). The molecule has 1 nitrogen and oxygen atoms in total. The second-order valence-corrected chi connectivity index (χ2v) is 7.65. The van der Waals surface area contributed by atoms with Gasteiger partial charge in [0.15, 0.2) is 0 Å². The van der Waals surface area contributed by atoms with Gasteiger partial charge in [0.1, 0.15) is 0 Å². The molecule has 1 heterocycles. The van der Waals surface area contributed by atoms with E-state index in [0.717, 1.165) is 5.69 Å². The smallest absolute Gasteiger partial charge is 0.0714 e. The van der Waals surface area contributed by atoms with Crippen LogP contribution in [-0.4, -0.2) is 4.98 Å². The number of rotatable bonds is 2. The molecular weight excluding hydrogens is 362 g/mol. The van der Waals surface area contributed by atoms with Crippen molar-refractivity contribution in [1.29, 1.82) is 0 Å². The molecule has 0 radical (unpaired) electrons. The van der Waals surface area contributed by atoms with Gasteiger partial charge in [-0.3, -0.25) is 4.98 Å². The highest BCUT2D eigenvalue weighted by molar-refractivity contribution is 6.23. The second-order valence-electron chi connectivity index (χ2n) is 7.65. The number of nitrogens with zero attached hydrogens (tertiary/aromatic N) is 1. The Hall–Kier alpha value is -3.97. The maximum absolute atomic E-state index is 4.75. The highest BCUT2D eigenvalue weighted by Crippen LogP contribution is 2.38. The van der Waals surface area contributed by atoms with Crippen molar-refractivity contribution in [3.05, 3.63) is 115 Å². The minimum atomic E-state index is 1.00. The zero-order chi connectivity index (χ0) is 19.9. The fourth-order valence-electron chi connectivity index (χ4n) is 4.48. The zero-order valence-electron chi connectivity index (χ0n) is 16.4. The molecule has 0 atom stereocenters. The second kappa shape index (κ2) is 6.82. The van der Waals surface area contributed by atoms with Gasteiger partial charge >= 0.3 is 0 Å². The molecule has 140 valence electrons. The summed E-state index contributed by atoms with van der Waals surface area (Å²) in [6, 6.07) is 38.8. The standard InChI is InChI=1S/C29H19N/c1-2-8-20(9-3-1)22-16-17-30-28(19-22)27-18-23-15-14-21-10-4-5-11-24(21)29(23)26-13-7-6-12-25(26)27/h1-19H. The van der Waals surface area contributed by atoms with Gasteiger partial charge in [-0.2, -0.15) is 0 Å². The first-order chi connectivity index (χ1) is 14.9. The summed E-state index contributed by atoms with van der Waals surface area (Å²) in [5, 5.41) is 7.63. The van der Waals surface area contributed by atoms with Crippen LogP contribution in [0.4, 0.5) is 0 Å². The van der Waals surface area contributed by atoms with E-state index in [1.54, 1.807) is 0 Å². The van der Waals surface area contributed by atoms with Crippen LogP contribution in [0, 0.1) is 0 Å². The number of benzene rings is 5. The quantitative estimate of drug-likeness (QED) is 0.278. The van der Waals surface area contributed by atoms with Crippen molar-refractivity contribution in [3.8, 4) is 22.4 Å². The van der Waals surface area contributed by atoms with Gasteiger partial charge in [0.25, 0.3) is 0 Å². The average Bonchev–Trinajstić information content (AvgIpc) is 2.84. The summed E-state index contributed by atoms with van der Waals surface area (Å²) in [6.07, 6.45) is 1.91. The first kappa shape index (κ1) is 16.9. The lowest BCUT2D eigenvalue weighted by atomic mass is 9.91. The van der Waals surface area contributed by atoms with Crippen LogP contribution in [0.1, 0.15) is 0 Å². The van der Waals surface area contributed by atoms with Crippen LogP contribution < -0.4 is 0 Å². The van der Waals surface area contributed by atoms with Crippen LogP contribution in [0.3, 0.4) is 0 Å². The minimum absolute atomic E-state index is 1.00. The van der Waals surface area contributed by atoms with E-state index >= 15 is 0 Å². The van der Waals surface area contributed by atoms with E-state index in [-0.39, 0.29) is 0 Å². The van der Waals surface area contributed by atoms with Crippen molar-refractivity contribution in [2.75, 3.05) is 0 Å². The Morgan fingerprint density at radius 2 is 1.17 bits per heavy atom. The van der Waals surface area contributed by atoms with Crippen LogP contribution in [0.25, 0.3) is 54.7 Å². The van der Waals surface area contributed by atoms with Gasteiger partial charge in [-0.05, 0) is 61.6 Å². The lowest BCUT2D eigenvalue weighted by Gasteiger charge is -2.13. The largest absolute Gasteiger partial charge is 0.256 e. The van der Waals surface area contributed by atoms with Gasteiger partial charge < -0.3 is 0 Å². The normalized spacial score (nSPS) is 11.3. The third-order valence-corrected chi connectivity index (χ3v) is 5.89. The monoisotopic (exact) mass is 381 g/mol. The van der Waals surface area contributed by atoms with Crippen molar-refractivity contribution in [2.24, 2.45) is 0 Å². The zero-order valence-corrected chi connectivity index (χ0v) is 16.4. The van der Waals surface area contributed by atoms with Gasteiger partial charge in [-0.15, -0.1) is 0 Å². The minimum Gasteiger partial charge on any atom is -0.256 e. The molecule has 1 aromatic heterocycles. The molecule has 0 amide bonds. The summed E-state index contributed by atoms with van der Waals surface area (Å²) < 4.78 is 0. The molecule has 0 saturated heterocycles. The molecule has 5 aromatic carbocycles. The number of hydrogen-bond acceptors (Lipinski definition) is 1. The maximum Gasteiger partial charge on any atom is 0.0714 e. The average molecular weight is 381 g/mol. The molecule has 0 N–H and O–H groups in total. The Kier molecular flexibility index (Phi) is 3.85. The summed E-state index contributed by atoms with van der Waals surface area (Å²) in [4.78, 5) is 4.75. The molecule has 6 aromatic rings. The molecule has 30 heavy (non-hydrogen) atoms. The van der Waals surface area contributed by atoms with Gasteiger partial charge in [-0.1, -0.05) is 91.0 Å². The molecule has 0 aliphatic rings. The van der Waals surface area contributed by atoms with E-state index in [4.69, 9.17) is 4.98 Å². The lowest BCUT2D eigenvalue weighted by molar-refractivity contribution is 1.33. The maximum atomic E-state index is 4.75. The number of aromatic nitrogens is 1. The molecule has 0 saturated carbocycles. The van der Waals surface area contributed by atoms with Crippen LogP contribution in [0.2, 0.25) is 0 Å². The van der Waals surface area contributed by atoms with Gasteiger partial charge in [0.05, 0.1) is 5.69 Å². The third kappa shape index (κ3) is 2.67. The van der Waals surface area contributed by atoms with Crippen LogP contribution in [0.5, 0.6) is 0 Å². The Bertz CT molecular complexity index is 1530. The van der Waals surface area contributed by atoms with Crippen molar-refractivity contribution in [3.63, 3.8) is 0 Å². The molecular formula is C29H19N. The van der Waals surface area contributed by atoms with E-state index in [1.807, 2.05) is 12.3 Å². The summed E-state index contributed by atoms with van der Waals surface area (Å²) >= 11 is 0. The number of hydrogen-bond donors (Lipinski definition) is 0. The first-order valence-electron chi connectivity index (χ1n) is 10.2. The molecule has 0 fully saturated rings. The lowest BCUT2D eigenvalue weighted by Crippen LogP contribution is -1.89. The molecule has 0 spiro atoms. The highest BCUT2D eigenvalue weighted by Gasteiger charge is 2.12.